The zero-order chi connectivity index (χ0) is 9.61. The summed E-state index contributed by atoms with van der Waals surface area (Å²) in [7, 11) is 2.03. The molecule has 12 heavy (non-hydrogen) atoms. The number of nitriles is 1. The molecule has 0 aliphatic carbocycles. The number of rotatable bonds is 5. The monoisotopic (exact) mass is 169 g/mol. The van der Waals surface area contributed by atoms with E-state index in [4.69, 9.17) is 11.0 Å². The number of nitrogens with two attached hydrogens (primary N) is 1. The molecular weight excluding hydrogens is 150 g/mol. The zero-order valence-electron chi connectivity index (χ0n) is 8.30. The van der Waals surface area contributed by atoms with Gasteiger partial charge in [0.2, 0.25) is 0 Å². The van der Waals surface area contributed by atoms with Gasteiger partial charge in [-0.1, -0.05) is 0 Å². The van der Waals surface area contributed by atoms with Crippen LogP contribution in [-0.2, 0) is 0 Å². The second kappa shape index (κ2) is 5.13. The maximum absolute atomic E-state index is 8.74. The molecule has 0 rings (SSSR count). The minimum atomic E-state index is -0.205. The van der Waals surface area contributed by atoms with E-state index in [1.165, 1.54) is 0 Å². The van der Waals surface area contributed by atoms with Crippen LogP contribution in [0.4, 0.5) is 0 Å². The third-order valence-corrected chi connectivity index (χ3v) is 1.93. The van der Waals surface area contributed by atoms with Gasteiger partial charge in [-0.2, -0.15) is 5.26 Å². The third-order valence-electron chi connectivity index (χ3n) is 1.93. The van der Waals surface area contributed by atoms with Gasteiger partial charge in [-0.05, 0) is 33.9 Å². The molecule has 0 amide bonds. The summed E-state index contributed by atoms with van der Waals surface area (Å²) in [6.45, 7) is 6.45. The molecule has 0 aliphatic rings. The summed E-state index contributed by atoms with van der Waals surface area (Å²) in [4.78, 5) is 2.15. The van der Waals surface area contributed by atoms with Crippen molar-refractivity contribution in [3.8, 4) is 6.07 Å². The van der Waals surface area contributed by atoms with Crippen molar-refractivity contribution in [2.75, 3.05) is 26.7 Å². The number of nitrogens with zero attached hydrogens (tertiary/aromatic N) is 2. The normalized spacial score (nSPS) is 11.7. The van der Waals surface area contributed by atoms with Crippen molar-refractivity contribution in [2.45, 2.75) is 20.3 Å². The minimum absolute atomic E-state index is 0.205. The van der Waals surface area contributed by atoms with Gasteiger partial charge < -0.3 is 10.6 Å². The van der Waals surface area contributed by atoms with Crippen LogP contribution >= 0.6 is 0 Å². The molecule has 0 bridgehead atoms. The largest absolute Gasteiger partial charge is 0.329 e. The molecule has 0 aromatic rings. The Morgan fingerprint density at radius 1 is 1.42 bits per heavy atom. The molecule has 0 saturated heterocycles. The van der Waals surface area contributed by atoms with Crippen molar-refractivity contribution < 1.29 is 0 Å². The van der Waals surface area contributed by atoms with Crippen molar-refractivity contribution in [1.82, 2.24) is 4.90 Å². The average molecular weight is 169 g/mol. The van der Waals surface area contributed by atoms with Crippen molar-refractivity contribution in [3.05, 3.63) is 0 Å². The van der Waals surface area contributed by atoms with E-state index in [2.05, 4.69) is 11.0 Å². The third kappa shape index (κ3) is 5.11. The molecule has 0 aromatic carbocycles. The topological polar surface area (TPSA) is 53.0 Å². The van der Waals surface area contributed by atoms with Crippen molar-refractivity contribution in [2.24, 2.45) is 11.1 Å². The van der Waals surface area contributed by atoms with Gasteiger partial charge >= 0.3 is 0 Å². The van der Waals surface area contributed by atoms with E-state index in [9.17, 15) is 0 Å². The molecule has 0 aliphatic heterocycles. The van der Waals surface area contributed by atoms with Gasteiger partial charge in [0.15, 0.2) is 0 Å². The van der Waals surface area contributed by atoms with Crippen LogP contribution in [0.25, 0.3) is 0 Å². The Labute approximate surface area is 75.2 Å². The van der Waals surface area contributed by atoms with E-state index >= 15 is 0 Å². The number of hydrogen-bond acceptors (Lipinski definition) is 3. The van der Waals surface area contributed by atoms with E-state index in [-0.39, 0.29) is 5.41 Å². The highest BCUT2D eigenvalue weighted by atomic mass is 15.1. The predicted octanol–water partition coefficient (Wildman–Crippen LogP) is 0.817. The highest BCUT2D eigenvalue weighted by molar-refractivity contribution is 4.91. The van der Waals surface area contributed by atoms with Crippen LogP contribution in [0.15, 0.2) is 0 Å². The van der Waals surface area contributed by atoms with Crippen LogP contribution in [0.1, 0.15) is 20.3 Å². The van der Waals surface area contributed by atoms with Crippen LogP contribution in [0, 0.1) is 16.7 Å². The molecule has 0 radical (unpaired) electrons. The second-order valence-corrected chi connectivity index (χ2v) is 3.84. The van der Waals surface area contributed by atoms with Gasteiger partial charge in [0.05, 0.1) is 11.5 Å². The SMILES string of the molecule is CN(CCN)CCC(C)(C)C#N. The molecular formula is C9H19N3. The summed E-state index contributed by atoms with van der Waals surface area (Å²) in [5, 5.41) is 8.74. The smallest absolute Gasteiger partial charge is 0.0684 e. The first-order valence-corrected chi connectivity index (χ1v) is 4.32. The first-order valence-electron chi connectivity index (χ1n) is 4.32. The molecule has 3 heteroatoms. The van der Waals surface area contributed by atoms with Crippen molar-refractivity contribution >= 4 is 0 Å². The summed E-state index contributed by atoms with van der Waals surface area (Å²) < 4.78 is 0. The molecule has 0 fully saturated rings. The Kier molecular flexibility index (Phi) is 4.87. The highest BCUT2D eigenvalue weighted by Gasteiger charge is 2.16. The first kappa shape index (κ1) is 11.4. The van der Waals surface area contributed by atoms with Crippen LogP contribution in [0.3, 0.4) is 0 Å². The molecule has 2 N–H and O–H groups in total. The van der Waals surface area contributed by atoms with Gasteiger partial charge in [-0.3, -0.25) is 0 Å². The van der Waals surface area contributed by atoms with Gasteiger partial charge in [-0.15, -0.1) is 0 Å². The summed E-state index contributed by atoms with van der Waals surface area (Å²) in [6.07, 6.45) is 0.903. The standard InChI is InChI=1S/C9H19N3/c1-9(2,8-11)4-6-12(3)7-5-10/h4-7,10H2,1-3H3. The van der Waals surface area contributed by atoms with Gasteiger partial charge in [0.25, 0.3) is 0 Å². The lowest BCUT2D eigenvalue weighted by Crippen LogP contribution is -2.29. The van der Waals surface area contributed by atoms with Gasteiger partial charge in [0.1, 0.15) is 0 Å². The summed E-state index contributed by atoms with van der Waals surface area (Å²) in [5.74, 6) is 0. The fourth-order valence-electron chi connectivity index (χ4n) is 0.858. The summed E-state index contributed by atoms with van der Waals surface area (Å²) >= 11 is 0. The first-order chi connectivity index (χ1) is 5.52. The Morgan fingerprint density at radius 2 is 2.00 bits per heavy atom. The highest BCUT2D eigenvalue weighted by Crippen LogP contribution is 2.18. The van der Waals surface area contributed by atoms with E-state index in [1.54, 1.807) is 0 Å². The molecule has 0 unspecified atom stereocenters. The van der Waals surface area contributed by atoms with Crippen molar-refractivity contribution in [3.63, 3.8) is 0 Å². The zero-order valence-corrected chi connectivity index (χ0v) is 8.30. The fourth-order valence-corrected chi connectivity index (χ4v) is 0.858. The van der Waals surface area contributed by atoms with E-state index < -0.39 is 0 Å². The van der Waals surface area contributed by atoms with Crippen LogP contribution in [-0.4, -0.2) is 31.6 Å². The van der Waals surface area contributed by atoms with Gasteiger partial charge in [-0.25, -0.2) is 0 Å². The molecule has 0 atom stereocenters. The quantitative estimate of drug-likeness (QED) is 0.663. The van der Waals surface area contributed by atoms with E-state index in [0.717, 1.165) is 19.5 Å². The Morgan fingerprint density at radius 3 is 2.42 bits per heavy atom. The lowest BCUT2D eigenvalue weighted by Gasteiger charge is -2.20. The van der Waals surface area contributed by atoms with Crippen LogP contribution < -0.4 is 5.73 Å². The Bertz CT molecular complexity index is 158. The lowest BCUT2D eigenvalue weighted by atomic mass is 9.91. The fraction of sp³-hybridized carbons (Fsp3) is 0.889. The lowest BCUT2D eigenvalue weighted by molar-refractivity contribution is 0.292. The molecule has 70 valence electrons. The molecule has 0 spiro atoms. The number of likely N-dealkylation sites (N-methyl/N-ethyl adjacent to an activating group) is 1. The molecule has 0 saturated carbocycles. The Hall–Kier alpha value is -0.590. The van der Waals surface area contributed by atoms with Crippen molar-refractivity contribution in [1.29, 1.82) is 5.26 Å². The van der Waals surface area contributed by atoms with Crippen LogP contribution in [0.5, 0.6) is 0 Å². The molecule has 3 nitrogen and oxygen atoms in total. The molecule has 0 aromatic heterocycles. The van der Waals surface area contributed by atoms with Crippen LogP contribution in [0.2, 0.25) is 0 Å². The Balaban J connectivity index is 3.62. The molecule has 0 heterocycles. The minimum Gasteiger partial charge on any atom is -0.329 e. The van der Waals surface area contributed by atoms with Gasteiger partial charge in [0, 0.05) is 13.1 Å². The average Bonchev–Trinajstić information content (AvgIpc) is 2.02. The second-order valence-electron chi connectivity index (χ2n) is 3.84. The predicted molar refractivity (Wildman–Crippen MR) is 50.6 cm³/mol. The van der Waals surface area contributed by atoms with E-state index in [0.29, 0.717) is 6.54 Å². The maximum Gasteiger partial charge on any atom is 0.0684 e. The summed E-state index contributed by atoms with van der Waals surface area (Å²) in [6, 6.07) is 2.28. The van der Waals surface area contributed by atoms with E-state index in [1.807, 2.05) is 20.9 Å². The maximum atomic E-state index is 8.74. The summed E-state index contributed by atoms with van der Waals surface area (Å²) in [5.41, 5.74) is 5.19. The number of hydrogen-bond donors (Lipinski definition) is 1.